The first kappa shape index (κ1) is 12.5. The number of ether oxygens (including phenoxy) is 1. The van der Waals surface area contributed by atoms with Crippen molar-refractivity contribution in [3.63, 3.8) is 0 Å². The van der Waals surface area contributed by atoms with Gasteiger partial charge in [0.1, 0.15) is 11.3 Å². The largest absolute Gasteiger partial charge is 0.444 e. The summed E-state index contributed by atoms with van der Waals surface area (Å²) < 4.78 is 6.72. The van der Waals surface area contributed by atoms with E-state index in [4.69, 9.17) is 4.74 Å². The fraction of sp³-hybridized carbons (Fsp3) is 0.700. The van der Waals surface area contributed by atoms with E-state index in [0.29, 0.717) is 5.69 Å². The van der Waals surface area contributed by atoms with Crippen LogP contribution < -0.4 is 5.32 Å². The van der Waals surface area contributed by atoms with Gasteiger partial charge in [-0.05, 0) is 27.7 Å². The van der Waals surface area contributed by atoms with Gasteiger partial charge in [0, 0.05) is 7.05 Å². The predicted molar refractivity (Wildman–Crippen MR) is 58.8 cm³/mol. The molecule has 0 aromatic carbocycles. The van der Waals surface area contributed by atoms with Crippen LogP contribution in [0.25, 0.3) is 0 Å². The number of hydrogen-bond acceptors (Lipinski definition) is 4. The summed E-state index contributed by atoms with van der Waals surface area (Å²) >= 11 is 0. The Hall–Kier alpha value is -1.59. The SMILES string of the molecule is CC(NC(=O)OC(C)(C)C)c1cn(C)nn1. The molecule has 16 heavy (non-hydrogen) atoms. The molecule has 6 nitrogen and oxygen atoms in total. The van der Waals surface area contributed by atoms with Crippen molar-refractivity contribution in [1.29, 1.82) is 0 Å². The van der Waals surface area contributed by atoms with Crippen LogP contribution in [0.3, 0.4) is 0 Å². The number of aryl methyl sites for hydroxylation is 1. The maximum Gasteiger partial charge on any atom is 0.408 e. The van der Waals surface area contributed by atoms with Crippen LogP contribution >= 0.6 is 0 Å². The van der Waals surface area contributed by atoms with E-state index >= 15 is 0 Å². The molecule has 0 saturated heterocycles. The van der Waals surface area contributed by atoms with Crippen molar-refractivity contribution in [2.75, 3.05) is 0 Å². The summed E-state index contributed by atoms with van der Waals surface area (Å²) in [6.45, 7) is 7.28. The highest BCUT2D eigenvalue weighted by Crippen LogP contribution is 2.11. The molecule has 1 unspecified atom stereocenters. The molecule has 1 amide bonds. The molecule has 0 spiro atoms. The lowest BCUT2D eigenvalue weighted by atomic mass is 10.2. The zero-order chi connectivity index (χ0) is 12.3. The molecular formula is C10H18N4O2. The third-order valence-electron chi connectivity index (χ3n) is 1.80. The van der Waals surface area contributed by atoms with Crippen LogP contribution in [0, 0.1) is 0 Å². The summed E-state index contributed by atoms with van der Waals surface area (Å²) in [5.74, 6) is 0. The number of amides is 1. The fourth-order valence-electron chi connectivity index (χ4n) is 1.12. The monoisotopic (exact) mass is 226 g/mol. The third-order valence-corrected chi connectivity index (χ3v) is 1.80. The zero-order valence-electron chi connectivity index (χ0n) is 10.3. The van der Waals surface area contributed by atoms with Gasteiger partial charge in [-0.15, -0.1) is 5.10 Å². The van der Waals surface area contributed by atoms with Crippen molar-refractivity contribution in [3.8, 4) is 0 Å². The highest BCUT2D eigenvalue weighted by Gasteiger charge is 2.19. The van der Waals surface area contributed by atoms with Crippen molar-refractivity contribution >= 4 is 6.09 Å². The van der Waals surface area contributed by atoms with E-state index in [2.05, 4.69) is 15.6 Å². The van der Waals surface area contributed by atoms with Crippen LogP contribution in [-0.2, 0) is 11.8 Å². The minimum Gasteiger partial charge on any atom is -0.444 e. The van der Waals surface area contributed by atoms with Crippen molar-refractivity contribution in [2.24, 2.45) is 7.05 Å². The van der Waals surface area contributed by atoms with Crippen LogP contribution in [0.1, 0.15) is 39.4 Å². The van der Waals surface area contributed by atoms with Gasteiger partial charge in [-0.25, -0.2) is 4.79 Å². The smallest absolute Gasteiger partial charge is 0.408 e. The number of alkyl carbamates (subject to hydrolysis) is 1. The second-order valence-electron chi connectivity index (χ2n) is 4.68. The molecule has 0 aliphatic rings. The quantitative estimate of drug-likeness (QED) is 0.827. The Morgan fingerprint density at radius 1 is 1.56 bits per heavy atom. The maximum absolute atomic E-state index is 11.5. The molecule has 0 aliphatic carbocycles. The molecule has 0 fully saturated rings. The van der Waals surface area contributed by atoms with E-state index < -0.39 is 11.7 Å². The molecule has 1 aromatic heterocycles. The molecule has 1 atom stereocenters. The van der Waals surface area contributed by atoms with Gasteiger partial charge >= 0.3 is 6.09 Å². The molecule has 0 aliphatic heterocycles. The van der Waals surface area contributed by atoms with Crippen LogP contribution in [0.15, 0.2) is 6.20 Å². The second-order valence-corrected chi connectivity index (χ2v) is 4.68. The summed E-state index contributed by atoms with van der Waals surface area (Å²) in [5, 5.41) is 10.4. The van der Waals surface area contributed by atoms with Gasteiger partial charge in [-0.2, -0.15) is 0 Å². The topological polar surface area (TPSA) is 69.0 Å². The van der Waals surface area contributed by atoms with Crippen LogP contribution in [0.4, 0.5) is 4.79 Å². The number of carbonyl (C=O) groups excluding carboxylic acids is 1. The number of aromatic nitrogens is 3. The van der Waals surface area contributed by atoms with Crippen LogP contribution in [-0.4, -0.2) is 26.7 Å². The van der Waals surface area contributed by atoms with Crippen LogP contribution in [0.2, 0.25) is 0 Å². The highest BCUT2D eigenvalue weighted by molar-refractivity contribution is 5.68. The van der Waals surface area contributed by atoms with Crippen molar-refractivity contribution in [3.05, 3.63) is 11.9 Å². The number of hydrogen-bond donors (Lipinski definition) is 1. The third kappa shape index (κ3) is 3.88. The molecule has 90 valence electrons. The van der Waals surface area contributed by atoms with Crippen molar-refractivity contribution in [1.82, 2.24) is 20.3 Å². The van der Waals surface area contributed by atoms with E-state index in [0.717, 1.165) is 0 Å². The molecule has 1 heterocycles. The van der Waals surface area contributed by atoms with E-state index in [1.807, 2.05) is 27.7 Å². The van der Waals surface area contributed by atoms with Crippen LogP contribution in [0.5, 0.6) is 0 Å². The molecule has 1 rings (SSSR count). The Labute approximate surface area is 95.0 Å². The normalized spacial score (nSPS) is 13.3. The first-order valence-electron chi connectivity index (χ1n) is 5.13. The van der Waals surface area contributed by atoms with E-state index in [-0.39, 0.29) is 6.04 Å². The van der Waals surface area contributed by atoms with Gasteiger partial charge in [0.2, 0.25) is 0 Å². The zero-order valence-corrected chi connectivity index (χ0v) is 10.3. The Morgan fingerprint density at radius 3 is 2.62 bits per heavy atom. The molecule has 1 N–H and O–H groups in total. The Balaban J connectivity index is 2.52. The Morgan fingerprint density at radius 2 is 2.19 bits per heavy atom. The lowest BCUT2D eigenvalue weighted by Crippen LogP contribution is -2.34. The number of carbonyl (C=O) groups is 1. The number of nitrogens with zero attached hydrogens (tertiary/aromatic N) is 3. The van der Waals surface area contributed by atoms with Gasteiger partial charge < -0.3 is 10.1 Å². The Bertz CT molecular complexity index is 367. The van der Waals surface area contributed by atoms with Gasteiger partial charge in [0.05, 0.1) is 12.2 Å². The lowest BCUT2D eigenvalue weighted by Gasteiger charge is -2.21. The van der Waals surface area contributed by atoms with Gasteiger partial charge in [0.15, 0.2) is 0 Å². The summed E-state index contributed by atoms with van der Waals surface area (Å²) in [4.78, 5) is 11.5. The molecule has 1 aromatic rings. The Kier molecular flexibility index (Phi) is 3.51. The highest BCUT2D eigenvalue weighted by atomic mass is 16.6. The average Bonchev–Trinajstić information content (AvgIpc) is 2.47. The molecule has 0 bridgehead atoms. The van der Waals surface area contributed by atoms with E-state index in [1.165, 1.54) is 0 Å². The fourth-order valence-corrected chi connectivity index (χ4v) is 1.12. The van der Waals surface area contributed by atoms with Gasteiger partial charge in [-0.3, -0.25) is 4.68 Å². The van der Waals surface area contributed by atoms with Gasteiger partial charge in [0.25, 0.3) is 0 Å². The minimum absolute atomic E-state index is 0.219. The maximum atomic E-state index is 11.5. The molecule has 0 saturated carbocycles. The summed E-state index contributed by atoms with van der Waals surface area (Å²) in [6.07, 6.45) is 1.30. The predicted octanol–water partition coefficient (Wildman–Crippen LogP) is 1.40. The summed E-state index contributed by atoms with van der Waals surface area (Å²) in [7, 11) is 1.77. The first-order chi connectivity index (χ1) is 7.28. The van der Waals surface area contributed by atoms with Crippen molar-refractivity contribution in [2.45, 2.75) is 39.3 Å². The number of nitrogens with one attached hydrogen (secondary N) is 1. The first-order valence-corrected chi connectivity index (χ1v) is 5.13. The summed E-state index contributed by atoms with van der Waals surface area (Å²) in [5.41, 5.74) is 0.208. The molecule has 0 radical (unpaired) electrons. The van der Waals surface area contributed by atoms with Gasteiger partial charge in [-0.1, -0.05) is 5.21 Å². The average molecular weight is 226 g/mol. The van der Waals surface area contributed by atoms with E-state index in [1.54, 1.807) is 17.9 Å². The molecular weight excluding hydrogens is 208 g/mol. The van der Waals surface area contributed by atoms with E-state index in [9.17, 15) is 4.79 Å². The lowest BCUT2D eigenvalue weighted by molar-refractivity contribution is 0.0507. The second kappa shape index (κ2) is 4.51. The standard InChI is InChI=1S/C10H18N4O2/c1-7(8-6-14(5)13-12-8)11-9(15)16-10(2,3)4/h6-7H,1-5H3,(H,11,15). The molecule has 6 heteroatoms. The minimum atomic E-state index is -0.494. The summed E-state index contributed by atoms with van der Waals surface area (Å²) in [6, 6.07) is -0.219. The number of rotatable bonds is 2. The van der Waals surface area contributed by atoms with Crippen molar-refractivity contribution < 1.29 is 9.53 Å².